The average molecular weight is 370 g/mol. The fourth-order valence-corrected chi connectivity index (χ4v) is 3.34. The van der Waals surface area contributed by atoms with Gasteiger partial charge in [0.2, 0.25) is 0 Å². The van der Waals surface area contributed by atoms with Crippen molar-refractivity contribution in [2.24, 2.45) is 0 Å². The van der Waals surface area contributed by atoms with Gasteiger partial charge < -0.3 is 5.32 Å². The number of nitrogens with one attached hydrogen (secondary N) is 1. The molecule has 5 nitrogen and oxygen atoms in total. The molecule has 0 bridgehead atoms. The van der Waals surface area contributed by atoms with Crippen molar-refractivity contribution in [2.75, 3.05) is 6.54 Å². The van der Waals surface area contributed by atoms with E-state index in [4.69, 9.17) is 0 Å². The quantitative estimate of drug-likeness (QED) is 0.571. The first kappa shape index (κ1) is 17.9. The van der Waals surface area contributed by atoms with E-state index in [0.717, 1.165) is 22.7 Å². The van der Waals surface area contributed by atoms with Gasteiger partial charge in [-0.3, -0.25) is 9.36 Å². The first-order chi connectivity index (χ1) is 13.6. The number of pyridine rings is 1. The van der Waals surface area contributed by atoms with Crippen LogP contribution in [0.15, 0.2) is 72.9 Å². The van der Waals surface area contributed by atoms with E-state index in [1.807, 2.05) is 66.1 Å². The van der Waals surface area contributed by atoms with E-state index in [9.17, 15) is 4.79 Å². The molecule has 1 atom stereocenters. The Labute approximate surface area is 164 Å². The van der Waals surface area contributed by atoms with Crippen LogP contribution in [0.2, 0.25) is 0 Å². The Morgan fingerprint density at radius 3 is 2.54 bits per heavy atom. The highest BCUT2D eigenvalue weighted by atomic mass is 16.1. The molecule has 1 N–H and O–H groups in total. The molecule has 140 valence electrons. The van der Waals surface area contributed by atoms with E-state index in [-0.39, 0.29) is 11.8 Å². The van der Waals surface area contributed by atoms with Crippen LogP contribution < -0.4 is 5.32 Å². The minimum Gasteiger partial charge on any atom is -0.351 e. The van der Waals surface area contributed by atoms with Gasteiger partial charge in [-0.25, -0.2) is 9.97 Å². The summed E-state index contributed by atoms with van der Waals surface area (Å²) in [6.07, 6.45) is 1.76. The number of nitrogens with zero attached hydrogens (tertiary/aromatic N) is 3. The van der Waals surface area contributed by atoms with Gasteiger partial charge in [-0.2, -0.15) is 0 Å². The minimum absolute atomic E-state index is 0.0698. The summed E-state index contributed by atoms with van der Waals surface area (Å²) in [4.78, 5) is 21.5. The topological polar surface area (TPSA) is 59.8 Å². The summed E-state index contributed by atoms with van der Waals surface area (Å²) in [6.45, 7) is 4.66. The molecule has 0 aliphatic carbocycles. The molecule has 0 saturated heterocycles. The number of aryl methyl sites for hydroxylation is 1. The summed E-state index contributed by atoms with van der Waals surface area (Å²) in [5.41, 5.74) is 4.46. The number of hydrogen-bond donors (Lipinski definition) is 1. The smallest absolute Gasteiger partial charge is 0.251 e. The van der Waals surface area contributed by atoms with Crippen molar-refractivity contribution in [3.05, 3.63) is 89.9 Å². The van der Waals surface area contributed by atoms with E-state index in [2.05, 4.69) is 34.3 Å². The van der Waals surface area contributed by atoms with Crippen LogP contribution in [0.3, 0.4) is 0 Å². The van der Waals surface area contributed by atoms with Crippen molar-refractivity contribution in [1.82, 2.24) is 19.9 Å². The molecule has 2 aromatic heterocycles. The zero-order valence-electron chi connectivity index (χ0n) is 16.0. The maximum absolute atomic E-state index is 12.5. The van der Waals surface area contributed by atoms with Crippen LogP contribution in [0.5, 0.6) is 0 Å². The summed E-state index contributed by atoms with van der Waals surface area (Å²) in [5.74, 6) is 1.05. The van der Waals surface area contributed by atoms with Crippen LogP contribution in [-0.2, 0) is 0 Å². The molecular formula is C23H22N4O. The molecule has 0 aliphatic rings. The van der Waals surface area contributed by atoms with Gasteiger partial charge in [0, 0.05) is 24.0 Å². The van der Waals surface area contributed by atoms with Crippen LogP contribution in [0, 0.1) is 6.92 Å². The largest absolute Gasteiger partial charge is 0.351 e. The maximum Gasteiger partial charge on any atom is 0.251 e. The van der Waals surface area contributed by atoms with Crippen molar-refractivity contribution < 1.29 is 4.79 Å². The molecule has 2 heterocycles. The normalized spacial score (nSPS) is 12.1. The molecule has 0 radical (unpaired) electrons. The lowest BCUT2D eigenvalue weighted by atomic mass is 10.0. The second kappa shape index (κ2) is 7.64. The third-order valence-electron chi connectivity index (χ3n) is 4.91. The monoisotopic (exact) mass is 370 g/mol. The van der Waals surface area contributed by atoms with Crippen molar-refractivity contribution in [2.45, 2.75) is 19.8 Å². The molecule has 0 aliphatic heterocycles. The van der Waals surface area contributed by atoms with Crippen molar-refractivity contribution in [1.29, 1.82) is 0 Å². The fraction of sp³-hybridized carbons (Fsp3) is 0.174. The first-order valence-electron chi connectivity index (χ1n) is 9.37. The van der Waals surface area contributed by atoms with Crippen LogP contribution >= 0.6 is 0 Å². The molecular weight excluding hydrogens is 348 g/mol. The summed E-state index contributed by atoms with van der Waals surface area (Å²) >= 11 is 0. The molecule has 5 heteroatoms. The molecule has 0 saturated carbocycles. The van der Waals surface area contributed by atoms with Crippen LogP contribution in [0.25, 0.3) is 16.9 Å². The standard InChI is InChI=1S/C23H22N4O/c1-16(18-7-4-3-5-8-18)15-25-23(28)19-10-12-20(13-11-19)27-17(2)26-21-9-6-14-24-22(21)27/h3-14,16H,15H2,1-2H3,(H,25,28)/t16-/m1/s1. The van der Waals surface area contributed by atoms with Gasteiger partial charge in [0.05, 0.1) is 0 Å². The number of aromatic nitrogens is 3. The van der Waals surface area contributed by atoms with Gasteiger partial charge in [0.25, 0.3) is 5.91 Å². The lowest BCUT2D eigenvalue weighted by Gasteiger charge is -2.13. The molecule has 0 unspecified atom stereocenters. The van der Waals surface area contributed by atoms with Gasteiger partial charge in [-0.05, 0) is 54.8 Å². The second-order valence-corrected chi connectivity index (χ2v) is 6.91. The number of amides is 1. The van der Waals surface area contributed by atoms with E-state index >= 15 is 0 Å². The highest BCUT2D eigenvalue weighted by Crippen LogP contribution is 2.20. The number of imidazole rings is 1. The number of carbonyl (C=O) groups is 1. The Kier molecular flexibility index (Phi) is 4.89. The average Bonchev–Trinajstić information content (AvgIpc) is 3.08. The summed E-state index contributed by atoms with van der Waals surface area (Å²) in [5, 5.41) is 3.02. The molecule has 4 rings (SSSR count). The summed E-state index contributed by atoms with van der Waals surface area (Å²) in [6, 6.07) is 21.6. The zero-order chi connectivity index (χ0) is 19.5. The zero-order valence-corrected chi connectivity index (χ0v) is 16.0. The molecule has 1 amide bonds. The first-order valence-corrected chi connectivity index (χ1v) is 9.37. The van der Waals surface area contributed by atoms with Gasteiger partial charge >= 0.3 is 0 Å². The number of carbonyl (C=O) groups excluding carboxylic acids is 1. The van der Waals surface area contributed by atoms with Crippen LogP contribution in [0.4, 0.5) is 0 Å². The predicted molar refractivity (Wildman–Crippen MR) is 111 cm³/mol. The fourth-order valence-electron chi connectivity index (χ4n) is 3.34. The molecule has 28 heavy (non-hydrogen) atoms. The number of rotatable bonds is 5. The Morgan fingerprint density at radius 2 is 1.79 bits per heavy atom. The lowest BCUT2D eigenvalue weighted by molar-refractivity contribution is 0.0951. The highest BCUT2D eigenvalue weighted by molar-refractivity contribution is 5.94. The number of fused-ring (bicyclic) bond motifs is 1. The second-order valence-electron chi connectivity index (χ2n) is 6.91. The van der Waals surface area contributed by atoms with E-state index in [0.29, 0.717) is 12.1 Å². The van der Waals surface area contributed by atoms with Gasteiger partial charge in [0.1, 0.15) is 11.3 Å². The third-order valence-corrected chi connectivity index (χ3v) is 4.91. The van der Waals surface area contributed by atoms with Crippen LogP contribution in [0.1, 0.15) is 34.6 Å². The van der Waals surface area contributed by atoms with E-state index in [1.165, 1.54) is 5.56 Å². The Balaban J connectivity index is 1.48. The van der Waals surface area contributed by atoms with Gasteiger partial charge in [-0.1, -0.05) is 37.3 Å². The number of hydrogen-bond acceptors (Lipinski definition) is 3. The summed E-state index contributed by atoms with van der Waals surface area (Å²) in [7, 11) is 0. The van der Waals surface area contributed by atoms with Gasteiger partial charge in [0.15, 0.2) is 5.65 Å². The van der Waals surface area contributed by atoms with Crippen molar-refractivity contribution in [3.63, 3.8) is 0 Å². The lowest BCUT2D eigenvalue weighted by Crippen LogP contribution is -2.27. The maximum atomic E-state index is 12.5. The third kappa shape index (κ3) is 3.51. The summed E-state index contributed by atoms with van der Waals surface area (Å²) < 4.78 is 1.99. The molecule has 2 aromatic carbocycles. The minimum atomic E-state index is -0.0698. The SMILES string of the molecule is Cc1nc2cccnc2n1-c1ccc(C(=O)NC[C@@H](C)c2ccccc2)cc1. The molecule has 0 spiro atoms. The molecule has 0 fully saturated rings. The van der Waals surface area contributed by atoms with E-state index < -0.39 is 0 Å². The molecule has 4 aromatic rings. The number of benzene rings is 2. The highest BCUT2D eigenvalue weighted by Gasteiger charge is 2.12. The predicted octanol–water partition coefficient (Wildman–Crippen LogP) is 4.26. The van der Waals surface area contributed by atoms with E-state index in [1.54, 1.807) is 6.20 Å². The van der Waals surface area contributed by atoms with Crippen molar-refractivity contribution >= 4 is 17.1 Å². The Hall–Kier alpha value is -3.47. The Bertz CT molecular complexity index is 1100. The van der Waals surface area contributed by atoms with Crippen molar-refractivity contribution in [3.8, 4) is 5.69 Å². The Morgan fingerprint density at radius 1 is 1.04 bits per heavy atom. The van der Waals surface area contributed by atoms with Gasteiger partial charge in [-0.15, -0.1) is 0 Å². The van der Waals surface area contributed by atoms with Crippen LogP contribution in [-0.4, -0.2) is 27.0 Å².